The molecule has 0 aliphatic heterocycles. The van der Waals surface area contributed by atoms with Gasteiger partial charge in [0.05, 0.1) is 11.5 Å². The van der Waals surface area contributed by atoms with Crippen LogP contribution in [0, 0.1) is 5.92 Å². The van der Waals surface area contributed by atoms with Crippen LogP contribution in [-0.4, -0.2) is 6.04 Å². The van der Waals surface area contributed by atoms with Crippen molar-refractivity contribution in [1.82, 2.24) is 0 Å². The maximum absolute atomic E-state index is 2.67. The summed E-state index contributed by atoms with van der Waals surface area (Å²) in [6.45, 7) is 7.15. The molecule has 0 amide bonds. The van der Waals surface area contributed by atoms with Gasteiger partial charge in [-0.1, -0.05) is 197 Å². The van der Waals surface area contributed by atoms with Crippen molar-refractivity contribution in [2.75, 3.05) is 9.80 Å². The highest BCUT2D eigenvalue weighted by Crippen LogP contribution is 2.65. The first kappa shape index (κ1) is 39.7. The maximum atomic E-state index is 2.67. The number of hydrogen-bond donors (Lipinski definition) is 0. The molecule has 8 aromatic rings. The lowest BCUT2D eigenvalue weighted by molar-refractivity contribution is 0.608. The van der Waals surface area contributed by atoms with Crippen molar-refractivity contribution < 1.29 is 0 Å². The molecule has 0 fully saturated rings. The van der Waals surface area contributed by atoms with Crippen LogP contribution in [0.3, 0.4) is 0 Å². The van der Waals surface area contributed by atoms with Crippen LogP contribution in [0.15, 0.2) is 230 Å². The second-order valence-electron chi connectivity index (χ2n) is 19.5. The van der Waals surface area contributed by atoms with Gasteiger partial charge >= 0.3 is 0 Å². The summed E-state index contributed by atoms with van der Waals surface area (Å²) < 4.78 is 0. The zero-order valence-electron chi connectivity index (χ0n) is 38.3. The highest BCUT2D eigenvalue weighted by molar-refractivity contribution is 6.01. The number of hydrogen-bond acceptors (Lipinski definition) is 2. The van der Waals surface area contributed by atoms with Gasteiger partial charge in [0, 0.05) is 39.4 Å². The van der Waals surface area contributed by atoms with Crippen molar-refractivity contribution in [3.8, 4) is 33.4 Å². The third-order valence-corrected chi connectivity index (χ3v) is 15.7. The molecule has 0 aromatic heterocycles. The Kier molecular flexibility index (Phi) is 8.99. The van der Waals surface area contributed by atoms with Gasteiger partial charge < -0.3 is 9.80 Å². The first-order valence-corrected chi connectivity index (χ1v) is 24.1. The number of nitrogens with zero attached hydrogens (tertiary/aromatic N) is 2. The summed E-state index contributed by atoms with van der Waals surface area (Å²) in [5, 5.41) is 0. The normalized spacial score (nSPS) is 19.7. The van der Waals surface area contributed by atoms with Gasteiger partial charge in [0.25, 0.3) is 0 Å². The maximum Gasteiger partial charge on any atom is 0.0727 e. The van der Waals surface area contributed by atoms with E-state index in [0.717, 1.165) is 12.8 Å². The lowest BCUT2D eigenvalue weighted by Crippen LogP contribution is -2.36. The minimum atomic E-state index is -0.533. The average molecular weight is 861 g/mol. The van der Waals surface area contributed by atoms with Crippen molar-refractivity contribution >= 4 is 28.3 Å². The van der Waals surface area contributed by atoms with Gasteiger partial charge in [-0.2, -0.15) is 0 Å². The summed E-state index contributed by atoms with van der Waals surface area (Å²) in [6.07, 6.45) is 15.9. The Morgan fingerprint density at radius 1 is 0.448 bits per heavy atom. The summed E-state index contributed by atoms with van der Waals surface area (Å²) in [4.78, 5) is 5.17. The first-order chi connectivity index (χ1) is 32.9. The molecule has 2 heteroatoms. The predicted molar refractivity (Wildman–Crippen MR) is 280 cm³/mol. The topological polar surface area (TPSA) is 6.48 Å². The molecule has 5 aliphatic carbocycles. The highest BCUT2D eigenvalue weighted by atomic mass is 15.2. The molecule has 1 spiro atoms. The Bertz CT molecular complexity index is 3420. The number of allylic oxidation sites excluding steroid dienone is 6. The minimum absolute atomic E-state index is 0.111. The monoisotopic (exact) mass is 860 g/mol. The zero-order chi connectivity index (χ0) is 44.9. The molecule has 322 valence electrons. The van der Waals surface area contributed by atoms with Gasteiger partial charge in [0.15, 0.2) is 0 Å². The SMILES string of the molecule is CC1C=CC=CC1N(c1ccc2c(c1)C(C)(C)c1ccccc1-2)c1cccc2c1-c1ccccc1C21c2ccccc2-c2ccc(N(C3=CC=C(c4ccccc4)CC3)c3ccccc3)cc21. The Morgan fingerprint density at radius 3 is 1.76 bits per heavy atom. The van der Waals surface area contributed by atoms with Gasteiger partial charge in [0.1, 0.15) is 0 Å². The summed E-state index contributed by atoms with van der Waals surface area (Å²) in [5.41, 5.74) is 24.2. The van der Waals surface area contributed by atoms with Crippen LogP contribution in [0.4, 0.5) is 22.7 Å². The molecule has 3 unspecified atom stereocenters. The Hall–Kier alpha value is -7.68. The van der Waals surface area contributed by atoms with Crippen LogP contribution in [0.5, 0.6) is 0 Å². The molecule has 0 bridgehead atoms. The molecule has 8 aromatic carbocycles. The molecule has 0 N–H and O–H groups in total. The summed E-state index contributed by atoms with van der Waals surface area (Å²) >= 11 is 0. The fourth-order valence-electron chi connectivity index (χ4n) is 12.6. The van der Waals surface area contributed by atoms with Crippen LogP contribution in [0.25, 0.3) is 39.0 Å². The lowest BCUT2D eigenvalue weighted by Gasteiger charge is -2.38. The van der Waals surface area contributed by atoms with Gasteiger partial charge in [-0.15, -0.1) is 0 Å². The molecular weight excluding hydrogens is 809 g/mol. The van der Waals surface area contributed by atoms with Crippen molar-refractivity contribution in [3.05, 3.63) is 269 Å². The van der Waals surface area contributed by atoms with Crippen LogP contribution >= 0.6 is 0 Å². The first-order valence-electron chi connectivity index (χ1n) is 24.1. The lowest BCUT2D eigenvalue weighted by atomic mass is 9.70. The fourth-order valence-corrected chi connectivity index (χ4v) is 12.6. The molecule has 2 nitrogen and oxygen atoms in total. The standard InChI is InChI=1S/C65H52N2/c1-43-19-10-17-31-61(43)67(49-38-39-52-50-24-11-14-27-55(50)64(2,3)59(52)41-49)62-32-18-30-58-63(62)54-26-13-16-29-57(54)65(58)56-28-15-12-25-51(56)53-40-37-48(42-60(53)65)66(46-22-8-5-9-23-46)47-35-33-45(34-36-47)44-20-6-4-7-21-44/h4-33,35,37-43,61H,34,36H2,1-3H3. The molecule has 0 heterocycles. The predicted octanol–water partition coefficient (Wildman–Crippen LogP) is 16.5. The van der Waals surface area contributed by atoms with E-state index in [1.807, 2.05) is 0 Å². The third-order valence-electron chi connectivity index (χ3n) is 15.7. The minimum Gasteiger partial charge on any atom is -0.333 e. The van der Waals surface area contributed by atoms with E-state index in [0.29, 0.717) is 0 Å². The number of benzene rings is 8. The van der Waals surface area contributed by atoms with E-state index >= 15 is 0 Å². The van der Waals surface area contributed by atoms with Crippen molar-refractivity contribution in [1.29, 1.82) is 0 Å². The summed E-state index contributed by atoms with van der Waals surface area (Å²) in [5.74, 6) is 0.289. The van der Waals surface area contributed by atoms with Gasteiger partial charge in [-0.05, 0) is 140 Å². The van der Waals surface area contributed by atoms with Crippen LogP contribution in [-0.2, 0) is 10.8 Å². The Morgan fingerprint density at radius 2 is 1.03 bits per heavy atom. The quantitative estimate of drug-likeness (QED) is 0.158. The third kappa shape index (κ3) is 5.82. The highest BCUT2D eigenvalue weighted by Gasteiger charge is 2.53. The summed E-state index contributed by atoms with van der Waals surface area (Å²) in [7, 11) is 0. The van der Waals surface area contributed by atoms with Gasteiger partial charge in [-0.3, -0.25) is 0 Å². The van der Waals surface area contributed by atoms with Crippen LogP contribution in [0.2, 0.25) is 0 Å². The van der Waals surface area contributed by atoms with Crippen molar-refractivity contribution in [2.24, 2.45) is 5.92 Å². The average Bonchev–Trinajstić information content (AvgIpc) is 3.94. The zero-order valence-corrected chi connectivity index (χ0v) is 38.3. The van der Waals surface area contributed by atoms with E-state index < -0.39 is 5.41 Å². The number of rotatable bonds is 7. The summed E-state index contributed by atoms with van der Waals surface area (Å²) in [6, 6.07) is 71.1. The largest absolute Gasteiger partial charge is 0.333 e. The number of anilines is 4. The van der Waals surface area contributed by atoms with Crippen molar-refractivity contribution in [2.45, 2.75) is 50.5 Å². The molecule has 0 radical (unpaired) electrons. The van der Waals surface area contributed by atoms with Crippen molar-refractivity contribution in [3.63, 3.8) is 0 Å². The van der Waals surface area contributed by atoms with E-state index in [-0.39, 0.29) is 17.4 Å². The van der Waals surface area contributed by atoms with E-state index in [4.69, 9.17) is 0 Å². The molecule has 5 aliphatic rings. The fraction of sp³-hybridized carbons (Fsp3) is 0.138. The Balaban J connectivity index is 1.03. The van der Waals surface area contributed by atoms with Crippen LogP contribution < -0.4 is 9.80 Å². The van der Waals surface area contributed by atoms with Crippen LogP contribution in [0.1, 0.15) is 72.6 Å². The molecular formula is C65H52N2. The van der Waals surface area contributed by atoms with Gasteiger partial charge in [0.2, 0.25) is 0 Å². The molecule has 0 saturated carbocycles. The molecule has 3 atom stereocenters. The van der Waals surface area contributed by atoms with E-state index in [9.17, 15) is 0 Å². The van der Waals surface area contributed by atoms with E-state index in [1.165, 1.54) is 106 Å². The number of para-hydroxylation sites is 1. The Labute approximate surface area is 395 Å². The number of fused-ring (bicyclic) bond motifs is 13. The van der Waals surface area contributed by atoms with Gasteiger partial charge in [-0.25, -0.2) is 0 Å². The second kappa shape index (κ2) is 15.2. The van der Waals surface area contributed by atoms with E-state index in [1.54, 1.807) is 0 Å². The molecule has 0 saturated heterocycles. The van der Waals surface area contributed by atoms with E-state index in [2.05, 4.69) is 255 Å². The molecule has 67 heavy (non-hydrogen) atoms. The smallest absolute Gasteiger partial charge is 0.0727 e. The molecule has 13 rings (SSSR count). The second-order valence-corrected chi connectivity index (χ2v) is 19.5.